The van der Waals surface area contributed by atoms with Gasteiger partial charge in [0.25, 0.3) is 0 Å². The number of hydrogen-bond donors (Lipinski definition) is 1. The molecule has 1 aromatic carbocycles. The molecule has 0 saturated heterocycles. The van der Waals surface area contributed by atoms with Crippen molar-refractivity contribution in [2.75, 3.05) is 0 Å². The molecule has 1 N–H and O–H groups in total. The van der Waals surface area contributed by atoms with E-state index in [0.29, 0.717) is 17.3 Å². The zero-order valence-corrected chi connectivity index (χ0v) is 12.7. The normalized spacial score (nSPS) is 10.4. The molecule has 5 nitrogen and oxygen atoms in total. The Morgan fingerprint density at radius 1 is 1.25 bits per heavy atom. The number of amides is 1. The minimum atomic E-state index is -0.310. The predicted octanol–water partition coefficient (Wildman–Crippen LogP) is 3.34. The highest BCUT2D eigenvalue weighted by Crippen LogP contribution is 2.25. The molecule has 2 aromatic heterocycles. The van der Waals surface area contributed by atoms with Gasteiger partial charge in [0, 0.05) is 17.7 Å². The van der Waals surface area contributed by atoms with Crippen LogP contribution in [0.4, 0.5) is 4.39 Å². The number of hydrogen-bond acceptors (Lipinski definition) is 4. The first-order valence-electron chi connectivity index (χ1n) is 7.23. The smallest absolute Gasteiger partial charge is 0.245 e. The highest BCUT2D eigenvalue weighted by Gasteiger charge is 2.13. The summed E-state index contributed by atoms with van der Waals surface area (Å²) in [6, 6.07) is 9.68. The average Bonchev–Trinajstić information content (AvgIpc) is 3.14. The SMILES string of the molecule is C=CC(=O)NCc1ccc(-c2ccc(F)cc2)nc1-c1ncco1. The van der Waals surface area contributed by atoms with Crippen molar-refractivity contribution in [2.24, 2.45) is 0 Å². The molecular formula is C18H14FN3O2. The second-order valence-corrected chi connectivity index (χ2v) is 4.97. The number of pyridine rings is 1. The van der Waals surface area contributed by atoms with Gasteiger partial charge in [0.15, 0.2) is 0 Å². The molecule has 120 valence electrons. The molecule has 0 aliphatic carbocycles. The van der Waals surface area contributed by atoms with Gasteiger partial charge in [-0.25, -0.2) is 14.4 Å². The summed E-state index contributed by atoms with van der Waals surface area (Å²) in [5.74, 6) is -0.242. The lowest BCUT2D eigenvalue weighted by molar-refractivity contribution is -0.116. The van der Waals surface area contributed by atoms with Crippen molar-refractivity contribution in [3.63, 3.8) is 0 Å². The summed E-state index contributed by atoms with van der Waals surface area (Å²) in [6.07, 6.45) is 4.17. The van der Waals surface area contributed by atoms with Crippen molar-refractivity contribution in [3.8, 4) is 22.8 Å². The van der Waals surface area contributed by atoms with Crippen LogP contribution in [0.15, 0.2) is 65.9 Å². The van der Waals surface area contributed by atoms with Gasteiger partial charge < -0.3 is 9.73 Å². The van der Waals surface area contributed by atoms with E-state index >= 15 is 0 Å². The zero-order valence-electron chi connectivity index (χ0n) is 12.7. The van der Waals surface area contributed by atoms with Crippen LogP contribution in [0.2, 0.25) is 0 Å². The first-order valence-corrected chi connectivity index (χ1v) is 7.23. The number of rotatable bonds is 5. The van der Waals surface area contributed by atoms with Crippen LogP contribution < -0.4 is 5.32 Å². The van der Waals surface area contributed by atoms with Crippen LogP contribution in [-0.4, -0.2) is 15.9 Å². The Balaban J connectivity index is 1.99. The molecule has 24 heavy (non-hydrogen) atoms. The molecule has 2 heterocycles. The van der Waals surface area contributed by atoms with E-state index in [1.165, 1.54) is 30.7 Å². The van der Waals surface area contributed by atoms with E-state index < -0.39 is 0 Å². The van der Waals surface area contributed by atoms with Gasteiger partial charge in [-0.15, -0.1) is 0 Å². The van der Waals surface area contributed by atoms with Crippen LogP contribution in [-0.2, 0) is 11.3 Å². The van der Waals surface area contributed by atoms with Gasteiger partial charge in [-0.1, -0.05) is 12.6 Å². The van der Waals surface area contributed by atoms with Gasteiger partial charge in [-0.3, -0.25) is 4.79 Å². The number of aromatic nitrogens is 2. The monoisotopic (exact) mass is 323 g/mol. The number of oxazole rings is 1. The van der Waals surface area contributed by atoms with Gasteiger partial charge in [-0.05, 0) is 36.4 Å². The third kappa shape index (κ3) is 3.38. The molecular weight excluding hydrogens is 309 g/mol. The first kappa shape index (κ1) is 15.6. The van der Waals surface area contributed by atoms with Crippen LogP contribution in [0.1, 0.15) is 5.56 Å². The molecule has 0 aliphatic heterocycles. The molecule has 0 spiro atoms. The highest BCUT2D eigenvalue weighted by molar-refractivity contribution is 5.86. The van der Waals surface area contributed by atoms with E-state index in [9.17, 15) is 9.18 Å². The van der Waals surface area contributed by atoms with E-state index in [2.05, 4.69) is 21.9 Å². The fourth-order valence-corrected chi connectivity index (χ4v) is 2.19. The fraction of sp³-hybridized carbons (Fsp3) is 0.0556. The standard InChI is InChI=1S/C18H14FN3O2/c1-2-16(23)21-11-13-5-8-15(12-3-6-14(19)7-4-12)22-17(13)18-20-9-10-24-18/h2-10H,1,11H2,(H,21,23). The molecule has 0 fully saturated rings. The maximum atomic E-state index is 13.1. The minimum Gasteiger partial charge on any atom is -0.443 e. The molecule has 3 rings (SSSR count). The molecule has 3 aromatic rings. The van der Waals surface area contributed by atoms with Crippen LogP contribution in [0, 0.1) is 5.82 Å². The van der Waals surface area contributed by atoms with Gasteiger partial charge in [-0.2, -0.15) is 0 Å². The highest BCUT2D eigenvalue weighted by atomic mass is 19.1. The van der Waals surface area contributed by atoms with E-state index in [-0.39, 0.29) is 18.3 Å². The number of halogens is 1. The van der Waals surface area contributed by atoms with Crippen LogP contribution >= 0.6 is 0 Å². The zero-order chi connectivity index (χ0) is 16.9. The molecule has 0 radical (unpaired) electrons. The summed E-state index contributed by atoms with van der Waals surface area (Å²) in [6.45, 7) is 3.68. The van der Waals surface area contributed by atoms with Crippen molar-refractivity contribution in [2.45, 2.75) is 6.54 Å². The summed E-state index contributed by atoms with van der Waals surface area (Å²) in [4.78, 5) is 20.1. The second-order valence-electron chi connectivity index (χ2n) is 4.97. The molecule has 0 unspecified atom stereocenters. The summed E-state index contributed by atoms with van der Waals surface area (Å²) in [5, 5.41) is 2.70. The molecule has 0 aliphatic rings. The minimum absolute atomic E-state index is 0.263. The third-order valence-electron chi connectivity index (χ3n) is 3.39. The first-order chi connectivity index (χ1) is 11.7. The topological polar surface area (TPSA) is 68.0 Å². The van der Waals surface area contributed by atoms with E-state index in [0.717, 1.165) is 11.1 Å². The Labute approximate surface area is 137 Å². The number of benzene rings is 1. The number of carbonyl (C=O) groups excluding carboxylic acids is 1. The number of nitrogens with zero attached hydrogens (tertiary/aromatic N) is 2. The van der Waals surface area contributed by atoms with Gasteiger partial charge in [0.05, 0.1) is 11.9 Å². The van der Waals surface area contributed by atoms with Crippen molar-refractivity contribution < 1.29 is 13.6 Å². The van der Waals surface area contributed by atoms with Gasteiger partial charge in [0.2, 0.25) is 11.8 Å². The molecule has 6 heteroatoms. The van der Waals surface area contributed by atoms with E-state index in [4.69, 9.17) is 4.42 Å². The second kappa shape index (κ2) is 6.87. The fourth-order valence-electron chi connectivity index (χ4n) is 2.19. The quantitative estimate of drug-likeness (QED) is 0.731. The van der Waals surface area contributed by atoms with Crippen molar-refractivity contribution >= 4 is 5.91 Å². The van der Waals surface area contributed by atoms with Crippen molar-refractivity contribution in [1.82, 2.24) is 15.3 Å². The van der Waals surface area contributed by atoms with E-state index in [1.54, 1.807) is 18.2 Å². The summed E-state index contributed by atoms with van der Waals surface area (Å²) < 4.78 is 18.4. The molecule has 0 atom stereocenters. The Bertz CT molecular complexity index is 858. The summed E-state index contributed by atoms with van der Waals surface area (Å²) in [5.41, 5.74) is 2.69. The Hall–Kier alpha value is -3.28. The van der Waals surface area contributed by atoms with Crippen LogP contribution in [0.3, 0.4) is 0 Å². The summed E-state index contributed by atoms with van der Waals surface area (Å²) in [7, 11) is 0. The Kier molecular flexibility index (Phi) is 4.47. The average molecular weight is 323 g/mol. The lowest BCUT2D eigenvalue weighted by Crippen LogP contribution is -2.20. The Morgan fingerprint density at radius 2 is 2.04 bits per heavy atom. The van der Waals surface area contributed by atoms with Gasteiger partial charge >= 0.3 is 0 Å². The van der Waals surface area contributed by atoms with Crippen molar-refractivity contribution in [1.29, 1.82) is 0 Å². The Morgan fingerprint density at radius 3 is 2.71 bits per heavy atom. The molecule has 1 amide bonds. The number of nitrogens with one attached hydrogen (secondary N) is 1. The molecule has 0 saturated carbocycles. The number of carbonyl (C=O) groups is 1. The van der Waals surface area contributed by atoms with E-state index in [1.807, 2.05) is 6.07 Å². The lowest BCUT2D eigenvalue weighted by atomic mass is 10.1. The largest absolute Gasteiger partial charge is 0.443 e. The van der Waals surface area contributed by atoms with Gasteiger partial charge in [0.1, 0.15) is 17.8 Å². The lowest BCUT2D eigenvalue weighted by Gasteiger charge is -2.09. The maximum absolute atomic E-state index is 13.1. The third-order valence-corrected chi connectivity index (χ3v) is 3.39. The molecule has 0 bridgehead atoms. The predicted molar refractivity (Wildman–Crippen MR) is 87.2 cm³/mol. The van der Waals surface area contributed by atoms with Crippen LogP contribution in [0.25, 0.3) is 22.8 Å². The maximum Gasteiger partial charge on any atom is 0.245 e. The van der Waals surface area contributed by atoms with Crippen LogP contribution in [0.5, 0.6) is 0 Å². The summed E-state index contributed by atoms with van der Waals surface area (Å²) >= 11 is 0. The van der Waals surface area contributed by atoms with Crippen molar-refractivity contribution in [3.05, 3.63) is 72.9 Å².